The van der Waals surface area contributed by atoms with Crippen molar-refractivity contribution in [3.05, 3.63) is 53.6 Å². The summed E-state index contributed by atoms with van der Waals surface area (Å²) in [5.41, 5.74) is 2.58. The summed E-state index contributed by atoms with van der Waals surface area (Å²) >= 11 is 1.52. The Labute approximate surface area is 218 Å². The number of aryl methyl sites for hydroxylation is 1. The van der Waals surface area contributed by atoms with E-state index in [2.05, 4.69) is 24.0 Å². The van der Waals surface area contributed by atoms with Gasteiger partial charge in [0.1, 0.15) is 0 Å². The van der Waals surface area contributed by atoms with Crippen LogP contribution in [0.1, 0.15) is 55.5 Å². The van der Waals surface area contributed by atoms with E-state index >= 15 is 0 Å². The first-order valence-electron chi connectivity index (χ1n) is 12.7. The molecule has 2 aromatic carbocycles. The lowest BCUT2D eigenvalue weighted by atomic mass is 10.1. The molecule has 4 rings (SSSR count). The Balaban J connectivity index is 1.61. The quantitative estimate of drug-likeness (QED) is 0.390. The fourth-order valence-corrected chi connectivity index (χ4v) is 7.36. The second-order valence-corrected chi connectivity index (χ2v) is 12.7. The number of sulfonamides is 1. The van der Waals surface area contributed by atoms with Crippen LogP contribution in [0.4, 0.5) is 5.13 Å². The van der Waals surface area contributed by atoms with Crippen molar-refractivity contribution in [3.63, 3.8) is 0 Å². The third-order valence-corrected chi connectivity index (χ3v) is 9.83. The molecule has 1 atom stereocenters. The van der Waals surface area contributed by atoms with Crippen LogP contribution in [0.25, 0.3) is 10.2 Å². The number of piperidine rings is 1. The Hall–Kier alpha value is -2.33. The van der Waals surface area contributed by atoms with Gasteiger partial charge in [0.15, 0.2) is 5.13 Å². The summed E-state index contributed by atoms with van der Waals surface area (Å²) < 4.78 is 29.1. The molecule has 0 N–H and O–H groups in total. The second kappa shape index (κ2) is 11.4. The SMILES string of the molecule is CCc1ccc2nc(N(CCCN(C)C)C(=O)c3ccc(S(=O)(=O)N4CCCCC4C)cc3)sc2c1. The van der Waals surface area contributed by atoms with Crippen LogP contribution in [0, 0.1) is 0 Å². The van der Waals surface area contributed by atoms with E-state index in [1.807, 2.05) is 27.1 Å². The standard InChI is InChI=1S/C27H36N4O3S2/c1-5-21-10-15-24-25(19-21)35-27(28-24)30(17-8-16-29(3)4)26(32)22-11-13-23(14-12-22)36(33,34)31-18-7-6-9-20(31)2/h10-15,19-20H,5-9,16-18H2,1-4H3. The van der Waals surface area contributed by atoms with Gasteiger partial charge in [-0.2, -0.15) is 4.31 Å². The predicted molar refractivity (Wildman–Crippen MR) is 147 cm³/mol. The third-order valence-electron chi connectivity index (χ3n) is 6.76. The minimum absolute atomic E-state index is 0.00972. The zero-order valence-corrected chi connectivity index (χ0v) is 23.2. The minimum Gasteiger partial charge on any atom is -0.309 e. The van der Waals surface area contributed by atoms with Crippen molar-refractivity contribution in [2.75, 3.05) is 38.6 Å². The first-order chi connectivity index (χ1) is 17.2. The monoisotopic (exact) mass is 528 g/mol. The Morgan fingerprint density at radius 3 is 2.53 bits per heavy atom. The Bertz CT molecular complexity index is 1300. The number of nitrogens with zero attached hydrogens (tertiary/aromatic N) is 4. The summed E-state index contributed by atoms with van der Waals surface area (Å²) in [5.74, 6) is -0.168. The lowest BCUT2D eigenvalue weighted by Gasteiger charge is -2.32. The first-order valence-corrected chi connectivity index (χ1v) is 14.9. The van der Waals surface area contributed by atoms with E-state index in [0.717, 1.165) is 48.9 Å². The Morgan fingerprint density at radius 1 is 1.11 bits per heavy atom. The maximum Gasteiger partial charge on any atom is 0.260 e. The summed E-state index contributed by atoms with van der Waals surface area (Å²) in [6.45, 7) is 6.00. The van der Waals surface area contributed by atoms with E-state index in [-0.39, 0.29) is 16.8 Å². The van der Waals surface area contributed by atoms with Crippen molar-refractivity contribution in [3.8, 4) is 0 Å². The average molecular weight is 529 g/mol. The van der Waals surface area contributed by atoms with E-state index in [1.54, 1.807) is 33.5 Å². The molecule has 1 unspecified atom stereocenters. The van der Waals surface area contributed by atoms with Crippen molar-refractivity contribution in [2.45, 2.75) is 56.9 Å². The van der Waals surface area contributed by atoms with Gasteiger partial charge in [-0.25, -0.2) is 13.4 Å². The zero-order chi connectivity index (χ0) is 25.9. The van der Waals surface area contributed by atoms with E-state index in [9.17, 15) is 13.2 Å². The maximum absolute atomic E-state index is 13.7. The highest BCUT2D eigenvalue weighted by Gasteiger charge is 2.31. The summed E-state index contributed by atoms with van der Waals surface area (Å²) in [7, 11) is 0.444. The van der Waals surface area contributed by atoms with Crippen LogP contribution in [0.2, 0.25) is 0 Å². The van der Waals surface area contributed by atoms with Crippen LogP contribution in [0.15, 0.2) is 47.4 Å². The molecular formula is C27H36N4O3S2. The Morgan fingerprint density at radius 2 is 1.86 bits per heavy atom. The van der Waals surface area contributed by atoms with Crippen LogP contribution in [-0.2, 0) is 16.4 Å². The molecule has 1 aliphatic rings. The van der Waals surface area contributed by atoms with Crippen LogP contribution in [-0.4, -0.2) is 68.3 Å². The molecule has 36 heavy (non-hydrogen) atoms. The summed E-state index contributed by atoms with van der Waals surface area (Å²) in [6.07, 6.45) is 4.55. The first kappa shape index (κ1) is 26.7. The largest absolute Gasteiger partial charge is 0.309 e. The molecule has 1 saturated heterocycles. The third kappa shape index (κ3) is 5.80. The van der Waals surface area contributed by atoms with E-state index in [4.69, 9.17) is 4.98 Å². The predicted octanol–water partition coefficient (Wildman–Crippen LogP) is 5.02. The number of amides is 1. The van der Waals surface area contributed by atoms with Gasteiger partial charge in [-0.1, -0.05) is 30.7 Å². The molecule has 1 aliphatic heterocycles. The van der Waals surface area contributed by atoms with Crippen molar-refractivity contribution in [2.24, 2.45) is 0 Å². The molecule has 1 aromatic heterocycles. The van der Waals surface area contributed by atoms with Gasteiger partial charge in [-0.3, -0.25) is 9.69 Å². The number of carbonyl (C=O) groups excluding carboxylic acids is 1. The molecule has 3 aromatic rings. The molecule has 0 aliphatic carbocycles. The zero-order valence-electron chi connectivity index (χ0n) is 21.6. The number of hydrogen-bond acceptors (Lipinski definition) is 6. The number of aromatic nitrogens is 1. The summed E-state index contributed by atoms with van der Waals surface area (Å²) in [5, 5.41) is 0.667. The van der Waals surface area contributed by atoms with Crippen LogP contribution in [0.5, 0.6) is 0 Å². The van der Waals surface area contributed by atoms with Crippen molar-refractivity contribution in [1.82, 2.24) is 14.2 Å². The van der Waals surface area contributed by atoms with Crippen LogP contribution < -0.4 is 4.90 Å². The number of anilines is 1. The van der Waals surface area contributed by atoms with E-state index in [0.29, 0.717) is 23.8 Å². The molecule has 9 heteroatoms. The second-order valence-electron chi connectivity index (χ2n) is 9.75. The van der Waals surface area contributed by atoms with E-state index in [1.165, 1.54) is 16.9 Å². The van der Waals surface area contributed by atoms with Gasteiger partial charge in [-0.15, -0.1) is 0 Å². The van der Waals surface area contributed by atoms with Crippen molar-refractivity contribution >= 4 is 42.6 Å². The molecule has 2 heterocycles. The Kier molecular flexibility index (Phi) is 8.44. The summed E-state index contributed by atoms with van der Waals surface area (Å²) in [4.78, 5) is 22.5. The lowest BCUT2D eigenvalue weighted by Crippen LogP contribution is -2.41. The number of hydrogen-bond donors (Lipinski definition) is 0. The highest BCUT2D eigenvalue weighted by molar-refractivity contribution is 7.89. The maximum atomic E-state index is 13.7. The lowest BCUT2D eigenvalue weighted by molar-refractivity contribution is 0.0986. The molecule has 1 fully saturated rings. The van der Waals surface area contributed by atoms with Gasteiger partial charge in [0.25, 0.3) is 5.91 Å². The number of rotatable bonds is 9. The molecule has 7 nitrogen and oxygen atoms in total. The molecule has 0 bridgehead atoms. The summed E-state index contributed by atoms with van der Waals surface area (Å²) in [6, 6.07) is 12.6. The number of carbonyl (C=O) groups is 1. The van der Waals surface area contributed by atoms with Gasteiger partial charge in [-0.05, 0) is 95.2 Å². The average Bonchev–Trinajstić information content (AvgIpc) is 3.29. The van der Waals surface area contributed by atoms with Gasteiger partial charge >= 0.3 is 0 Å². The molecule has 0 spiro atoms. The molecule has 1 amide bonds. The minimum atomic E-state index is -3.58. The van der Waals surface area contributed by atoms with E-state index < -0.39 is 10.0 Å². The molecular weight excluding hydrogens is 492 g/mol. The topological polar surface area (TPSA) is 73.8 Å². The van der Waals surface area contributed by atoms with Gasteiger partial charge in [0.05, 0.1) is 15.1 Å². The fourth-order valence-electron chi connectivity index (χ4n) is 4.61. The fraction of sp³-hybridized carbons (Fsp3) is 0.481. The molecule has 194 valence electrons. The highest BCUT2D eigenvalue weighted by atomic mass is 32.2. The van der Waals surface area contributed by atoms with Gasteiger partial charge in [0, 0.05) is 24.7 Å². The normalized spacial score (nSPS) is 17.1. The number of benzene rings is 2. The highest BCUT2D eigenvalue weighted by Crippen LogP contribution is 2.31. The van der Waals surface area contributed by atoms with Gasteiger partial charge < -0.3 is 4.90 Å². The van der Waals surface area contributed by atoms with Crippen LogP contribution >= 0.6 is 11.3 Å². The number of thiazole rings is 1. The number of fused-ring (bicyclic) bond motifs is 1. The molecule has 0 saturated carbocycles. The van der Waals surface area contributed by atoms with Crippen molar-refractivity contribution in [1.29, 1.82) is 0 Å². The van der Waals surface area contributed by atoms with Crippen LogP contribution in [0.3, 0.4) is 0 Å². The van der Waals surface area contributed by atoms with Gasteiger partial charge in [0.2, 0.25) is 10.0 Å². The van der Waals surface area contributed by atoms with Crippen molar-refractivity contribution < 1.29 is 13.2 Å². The molecule has 0 radical (unpaired) electrons. The smallest absolute Gasteiger partial charge is 0.260 e.